The van der Waals surface area contributed by atoms with Crippen molar-refractivity contribution in [1.29, 1.82) is 0 Å². The second-order valence-corrected chi connectivity index (χ2v) is 7.99. The van der Waals surface area contributed by atoms with Gasteiger partial charge in [-0.15, -0.1) is 11.6 Å². The predicted molar refractivity (Wildman–Crippen MR) is 73.1 cm³/mol. The van der Waals surface area contributed by atoms with E-state index >= 15 is 0 Å². The first-order chi connectivity index (χ1) is 11.4. The summed E-state index contributed by atoms with van der Waals surface area (Å²) < 4.78 is 34.9. The van der Waals surface area contributed by atoms with Gasteiger partial charge in [-0.1, -0.05) is 0 Å². The molecular formula is C9H10ClN2O11P2-3. The van der Waals surface area contributed by atoms with Gasteiger partial charge >= 0.3 is 5.69 Å². The third kappa shape index (κ3) is 5.31. The second kappa shape index (κ2) is 7.41. The monoisotopic (exact) mass is 419 g/mol. The lowest BCUT2D eigenvalue weighted by atomic mass is 10.2. The summed E-state index contributed by atoms with van der Waals surface area (Å²) >= 11 is 5.92. The first kappa shape index (κ1) is 20.5. The molecule has 1 saturated heterocycles. The summed E-state index contributed by atoms with van der Waals surface area (Å²) in [4.78, 5) is 56.4. The van der Waals surface area contributed by atoms with E-state index < -0.39 is 57.3 Å². The molecule has 16 heteroatoms. The van der Waals surface area contributed by atoms with Crippen molar-refractivity contribution in [2.75, 3.05) is 6.61 Å². The van der Waals surface area contributed by atoms with Crippen LogP contribution in [0.2, 0.25) is 0 Å². The summed E-state index contributed by atoms with van der Waals surface area (Å²) in [7, 11) is -11.4. The fourth-order valence-electron chi connectivity index (χ4n) is 2.00. The van der Waals surface area contributed by atoms with Gasteiger partial charge in [-0.25, -0.2) is 4.79 Å². The van der Waals surface area contributed by atoms with Gasteiger partial charge in [0.1, 0.15) is 17.6 Å². The highest BCUT2D eigenvalue weighted by Crippen LogP contribution is 2.50. The lowest BCUT2D eigenvalue weighted by Gasteiger charge is -2.35. The first-order valence-corrected chi connectivity index (χ1v) is 9.73. The number of aliphatic hydroxyl groups is 1. The maximum absolute atomic E-state index is 11.7. The second-order valence-electron chi connectivity index (χ2n) is 4.79. The number of halogens is 1. The van der Waals surface area contributed by atoms with Crippen LogP contribution >= 0.6 is 27.2 Å². The molecule has 0 spiro atoms. The molecule has 0 amide bonds. The molecule has 1 aliphatic heterocycles. The zero-order chi connectivity index (χ0) is 19.0. The van der Waals surface area contributed by atoms with E-state index in [-0.39, 0.29) is 0 Å². The number of alkyl halides is 1. The number of aromatic amines is 1. The molecule has 0 bridgehead atoms. The van der Waals surface area contributed by atoms with E-state index in [1.807, 2.05) is 4.98 Å². The lowest BCUT2D eigenvalue weighted by Crippen LogP contribution is -2.35. The van der Waals surface area contributed by atoms with Crippen molar-refractivity contribution in [2.24, 2.45) is 0 Å². The molecule has 1 aliphatic rings. The van der Waals surface area contributed by atoms with Crippen LogP contribution in [0.3, 0.4) is 0 Å². The minimum atomic E-state index is -5.86. The molecule has 25 heavy (non-hydrogen) atoms. The molecule has 142 valence electrons. The van der Waals surface area contributed by atoms with Crippen molar-refractivity contribution >= 4 is 27.2 Å². The summed E-state index contributed by atoms with van der Waals surface area (Å²) in [5.41, 5.74) is -1.58. The molecule has 0 radical (unpaired) electrons. The summed E-state index contributed by atoms with van der Waals surface area (Å²) in [5, 5.41) is 8.69. The SMILES string of the molecule is O=c1ccn([C@@H]2O[C@H](COP(=O)([O-])OP(=O)([O-])[O-])[C@@H](O)C2Cl)c(=O)[nH]1. The molecule has 5 atom stereocenters. The quantitative estimate of drug-likeness (QED) is 0.345. The highest BCUT2D eigenvalue weighted by atomic mass is 35.5. The Morgan fingerprint density at radius 1 is 1.36 bits per heavy atom. The van der Waals surface area contributed by atoms with Crippen molar-refractivity contribution in [1.82, 2.24) is 9.55 Å². The first-order valence-electron chi connectivity index (χ1n) is 6.38. The van der Waals surface area contributed by atoms with Gasteiger partial charge in [-0.05, 0) is 0 Å². The highest BCUT2D eigenvalue weighted by molar-refractivity contribution is 7.58. The van der Waals surface area contributed by atoms with Gasteiger partial charge in [0, 0.05) is 12.3 Å². The number of nitrogens with one attached hydrogen (secondary N) is 1. The van der Waals surface area contributed by atoms with E-state index in [0.717, 1.165) is 16.8 Å². The number of aliphatic hydroxyl groups excluding tert-OH is 1. The summed E-state index contributed by atoms with van der Waals surface area (Å²) in [6.45, 7) is -0.945. The van der Waals surface area contributed by atoms with Gasteiger partial charge in [0.25, 0.3) is 13.4 Å². The number of rotatable bonds is 6. The van der Waals surface area contributed by atoms with Crippen LogP contribution < -0.4 is 25.9 Å². The maximum Gasteiger partial charge on any atom is 0.330 e. The Labute approximate surface area is 143 Å². The van der Waals surface area contributed by atoms with E-state index in [1.54, 1.807) is 0 Å². The molecular weight excluding hydrogens is 410 g/mol. The van der Waals surface area contributed by atoms with Crippen molar-refractivity contribution < 1.29 is 42.5 Å². The van der Waals surface area contributed by atoms with Gasteiger partial charge < -0.3 is 33.6 Å². The predicted octanol–water partition coefficient (Wildman–Crippen LogP) is -3.27. The Kier molecular flexibility index (Phi) is 6.07. The van der Waals surface area contributed by atoms with Gasteiger partial charge in [-0.2, -0.15) is 0 Å². The molecule has 2 N–H and O–H groups in total. The van der Waals surface area contributed by atoms with Crippen molar-refractivity contribution in [2.45, 2.75) is 23.8 Å². The molecule has 2 heterocycles. The van der Waals surface area contributed by atoms with Gasteiger partial charge in [0.15, 0.2) is 6.23 Å². The number of hydrogen-bond acceptors (Lipinski definition) is 11. The van der Waals surface area contributed by atoms with Gasteiger partial charge in [0.2, 0.25) is 0 Å². The van der Waals surface area contributed by atoms with Crippen molar-refractivity contribution in [3.8, 4) is 0 Å². The van der Waals surface area contributed by atoms with Crippen LogP contribution in [0.25, 0.3) is 0 Å². The molecule has 0 aliphatic carbocycles. The van der Waals surface area contributed by atoms with Gasteiger partial charge in [-0.3, -0.25) is 23.2 Å². The normalized spacial score (nSPS) is 29.5. The molecule has 2 rings (SSSR count). The third-order valence-corrected chi connectivity index (χ3v) is 5.56. The molecule has 1 fully saturated rings. The maximum atomic E-state index is 11.7. The number of ether oxygens (including phenoxy) is 1. The van der Waals surface area contributed by atoms with E-state index in [1.165, 1.54) is 0 Å². The average Bonchev–Trinajstić information content (AvgIpc) is 2.71. The number of aromatic nitrogens is 2. The summed E-state index contributed by atoms with van der Waals surface area (Å²) in [6.07, 6.45) is -3.18. The fourth-order valence-corrected chi connectivity index (χ4v) is 3.84. The van der Waals surface area contributed by atoms with Crippen LogP contribution in [0.15, 0.2) is 21.9 Å². The molecule has 13 nitrogen and oxygen atoms in total. The molecule has 0 saturated carbocycles. The number of nitrogens with zero attached hydrogens (tertiary/aromatic N) is 1. The summed E-state index contributed by atoms with van der Waals surface area (Å²) in [5.74, 6) is 0. The largest absolute Gasteiger partial charge is 0.790 e. The van der Waals surface area contributed by atoms with Gasteiger partial charge in [0.05, 0.1) is 14.4 Å². The topological polar surface area (TPSA) is 206 Å². The van der Waals surface area contributed by atoms with E-state index in [0.29, 0.717) is 0 Å². The number of H-pyrrole nitrogens is 1. The minimum Gasteiger partial charge on any atom is -0.790 e. The third-order valence-electron chi connectivity index (χ3n) is 3.02. The van der Waals surface area contributed by atoms with Crippen molar-refractivity contribution in [3.05, 3.63) is 33.1 Å². The number of phosphoric ester groups is 1. The fraction of sp³-hybridized carbons (Fsp3) is 0.556. The minimum absolute atomic E-state index is 0.685. The van der Waals surface area contributed by atoms with E-state index in [2.05, 4.69) is 8.83 Å². The number of hydrogen-bond donors (Lipinski definition) is 2. The number of phosphoric acid groups is 2. The van der Waals surface area contributed by atoms with Crippen LogP contribution in [0.4, 0.5) is 0 Å². The van der Waals surface area contributed by atoms with Crippen LogP contribution in [0.5, 0.6) is 0 Å². The van der Waals surface area contributed by atoms with E-state index in [9.17, 15) is 38.5 Å². The zero-order valence-electron chi connectivity index (χ0n) is 11.9. The van der Waals surface area contributed by atoms with Crippen LogP contribution in [-0.4, -0.2) is 38.8 Å². The summed E-state index contributed by atoms with van der Waals surface area (Å²) in [6, 6.07) is 0.990. The lowest BCUT2D eigenvalue weighted by molar-refractivity contribution is -0.339. The van der Waals surface area contributed by atoms with Crippen LogP contribution in [0.1, 0.15) is 6.23 Å². The Bertz CT molecular complexity index is 833. The zero-order valence-corrected chi connectivity index (χ0v) is 14.5. The highest BCUT2D eigenvalue weighted by Gasteiger charge is 2.44. The standard InChI is InChI=1S/C9H13ClN2O11P2/c10-6-7(14)4(3-21-25(19,20)23-24(16,17)18)22-8(6)12-2-1-5(13)11-9(12)15/h1-2,4,6-8,14H,3H2,(H,19,20)(H,11,13,15)(H2,16,17,18)/p-3/t4-,6?,7-,8-/m1/s1. The van der Waals surface area contributed by atoms with E-state index in [4.69, 9.17) is 16.3 Å². The van der Waals surface area contributed by atoms with Crippen LogP contribution in [0, 0.1) is 0 Å². The molecule has 1 aromatic heterocycles. The molecule has 1 aromatic rings. The molecule has 0 aromatic carbocycles. The smallest absolute Gasteiger partial charge is 0.330 e. The average molecular weight is 420 g/mol. The Hall–Kier alpha value is -0.850. The van der Waals surface area contributed by atoms with Crippen LogP contribution in [-0.2, 0) is 22.7 Å². The Balaban J connectivity index is 2.09. The Morgan fingerprint density at radius 2 is 2.00 bits per heavy atom. The van der Waals surface area contributed by atoms with Crippen molar-refractivity contribution in [3.63, 3.8) is 0 Å². The Morgan fingerprint density at radius 3 is 2.56 bits per heavy atom. The molecule has 2 unspecified atom stereocenters.